The summed E-state index contributed by atoms with van der Waals surface area (Å²) in [6, 6.07) is 6.10. The maximum absolute atomic E-state index is 10.5. The molecule has 1 unspecified atom stereocenters. The summed E-state index contributed by atoms with van der Waals surface area (Å²) in [5.74, 6) is 0.0459. The summed E-state index contributed by atoms with van der Waals surface area (Å²) in [5, 5.41) is 27.4. The third kappa shape index (κ3) is 3.14. The average molecular weight is 211 g/mol. The molecule has 0 aliphatic heterocycles. The Morgan fingerprint density at radius 2 is 2.20 bits per heavy atom. The fraction of sp³-hybridized carbons (Fsp3) is 0.300. The zero-order chi connectivity index (χ0) is 11.4. The molecule has 0 saturated carbocycles. The highest BCUT2D eigenvalue weighted by Crippen LogP contribution is 2.18. The van der Waals surface area contributed by atoms with Gasteiger partial charge in [-0.25, -0.2) is 4.79 Å². The van der Waals surface area contributed by atoms with Crippen molar-refractivity contribution in [2.75, 3.05) is 13.6 Å². The van der Waals surface area contributed by atoms with Crippen molar-refractivity contribution in [2.45, 2.75) is 6.10 Å². The van der Waals surface area contributed by atoms with Crippen LogP contribution in [0.4, 0.5) is 4.79 Å². The van der Waals surface area contributed by atoms with E-state index in [1.54, 1.807) is 12.1 Å². The van der Waals surface area contributed by atoms with Crippen LogP contribution in [0.15, 0.2) is 24.3 Å². The predicted octanol–water partition coefficient (Wildman–Crippen LogP) is 1.04. The number of benzene rings is 1. The Morgan fingerprint density at radius 3 is 2.73 bits per heavy atom. The first kappa shape index (κ1) is 11.3. The van der Waals surface area contributed by atoms with Crippen molar-refractivity contribution in [1.29, 1.82) is 0 Å². The van der Waals surface area contributed by atoms with Gasteiger partial charge < -0.3 is 20.2 Å². The molecule has 0 aromatic heterocycles. The number of nitrogens with zero attached hydrogens (tertiary/aromatic N) is 1. The van der Waals surface area contributed by atoms with Gasteiger partial charge in [-0.15, -0.1) is 0 Å². The van der Waals surface area contributed by atoms with Gasteiger partial charge in [-0.05, 0) is 17.7 Å². The van der Waals surface area contributed by atoms with Crippen LogP contribution in [0, 0.1) is 0 Å². The number of phenolic OH excluding ortho intramolecular Hbond substituents is 1. The van der Waals surface area contributed by atoms with E-state index >= 15 is 0 Å². The Kier molecular flexibility index (Phi) is 3.51. The van der Waals surface area contributed by atoms with Crippen molar-refractivity contribution >= 4 is 6.09 Å². The molecule has 0 saturated heterocycles. The number of carbonyl (C=O) groups is 1. The lowest BCUT2D eigenvalue weighted by atomic mass is 10.1. The van der Waals surface area contributed by atoms with E-state index in [1.807, 2.05) is 0 Å². The lowest BCUT2D eigenvalue weighted by molar-refractivity contribution is 0.108. The molecule has 0 fully saturated rings. The van der Waals surface area contributed by atoms with Crippen LogP contribution in [0.25, 0.3) is 0 Å². The Hall–Kier alpha value is -1.75. The van der Waals surface area contributed by atoms with Crippen LogP contribution in [0.1, 0.15) is 11.7 Å². The topological polar surface area (TPSA) is 81.0 Å². The van der Waals surface area contributed by atoms with Crippen LogP contribution in [-0.4, -0.2) is 39.9 Å². The molecule has 1 rings (SSSR count). The van der Waals surface area contributed by atoms with Crippen molar-refractivity contribution in [2.24, 2.45) is 0 Å². The van der Waals surface area contributed by atoms with Gasteiger partial charge in [0.25, 0.3) is 0 Å². The van der Waals surface area contributed by atoms with Gasteiger partial charge in [0.1, 0.15) is 5.75 Å². The zero-order valence-electron chi connectivity index (χ0n) is 8.29. The van der Waals surface area contributed by atoms with Crippen LogP contribution < -0.4 is 0 Å². The van der Waals surface area contributed by atoms with Gasteiger partial charge >= 0.3 is 6.09 Å². The average Bonchev–Trinajstić information content (AvgIpc) is 2.17. The molecule has 0 aliphatic rings. The number of rotatable bonds is 3. The minimum atomic E-state index is -1.10. The van der Waals surface area contributed by atoms with Crippen molar-refractivity contribution in [1.82, 2.24) is 4.90 Å². The third-order valence-electron chi connectivity index (χ3n) is 2.03. The van der Waals surface area contributed by atoms with Crippen LogP contribution in [0.5, 0.6) is 5.75 Å². The molecule has 1 amide bonds. The van der Waals surface area contributed by atoms with Crippen molar-refractivity contribution in [3.63, 3.8) is 0 Å². The van der Waals surface area contributed by atoms with E-state index in [0.717, 1.165) is 4.90 Å². The molecule has 0 aliphatic carbocycles. The van der Waals surface area contributed by atoms with Gasteiger partial charge in [-0.1, -0.05) is 12.1 Å². The molecule has 0 heterocycles. The lowest BCUT2D eigenvalue weighted by Gasteiger charge is -2.18. The minimum Gasteiger partial charge on any atom is -0.508 e. The molecule has 1 aromatic carbocycles. The van der Waals surface area contributed by atoms with Crippen LogP contribution in [-0.2, 0) is 0 Å². The molecule has 5 heteroatoms. The van der Waals surface area contributed by atoms with E-state index < -0.39 is 12.2 Å². The highest BCUT2D eigenvalue weighted by molar-refractivity contribution is 5.64. The number of aliphatic hydroxyl groups is 1. The second-order valence-electron chi connectivity index (χ2n) is 3.27. The molecule has 15 heavy (non-hydrogen) atoms. The summed E-state index contributed by atoms with van der Waals surface area (Å²) in [4.78, 5) is 11.5. The Balaban J connectivity index is 2.68. The number of hydrogen-bond donors (Lipinski definition) is 3. The third-order valence-corrected chi connectivity index (χ3v) is 2.03. The molecule has 82 valence electrons. The number of aromatic hydroxyl groups is 1. The molecule has 3 N–H and O–H groups in total. The monoisotopic (exact) mass is 211 g/mol. The van der Waals surface area contributed by atoms with Crippen molar-refractivity contribution in [3.05, 3.63) is 29.8 Å². The summed E-state index contributed by atoms with van der Waals surface area (Å²) >= 11 is 0. The first-order chi connectivity index (χ1) is 7.00. The molecule has 1 aromatic rings. The second-order valence-corrected chi connectivity index (χ2v) is 3.27. The minimum absolute atomic E-state index is 0.0290. The maximum Gasteiger partial charge on any atom is 0.407 e. The van der Waals surface area contributed by atoms with Crippen LogP contribution in [0.2, 0.25) is 0 Å². The molecule has 0 radical (unpaired) electrons. The molecular weight excluding hydrogens is 198 g/mol. The van der Waals surface area contributed by atoms with Gasteiger partial charge in [0.15, 0.2) is 0 Å². The van der Waals surface area contributed by atoms with E-state index in [4.69, 9.17) is 10.2 Å². The highest BCUT2D eigenvalue weighted by Gasteiger charge is 2.14. The van der Waals surface area contributed by atoms with Crippen LogP contribution >= 0.6 is 0 Å². The van der Waals surface area contributed by atoms with Gasteiger partial charge in [-0.3, -0.25) is 0 Å². The number of phenols is 1. The zero-order valence-corrected chi connectivity index (χ0v) is 8.29. The fourth-order valence-electron chi connectivity index (χ4n) is 1.17. The summed E-state index contributed by atoms with van der Waals surface area (Å²) in [5.41, 5.74) is 0.489. The van der Waals surface area contributed by atoms with Crippen molar-refractivity contribution in [3.8, 4) is 5.75 Å². The molecule has 0 spiro atoms. The smallest absolute Gasteiger partial charge is 0.407 e. The summed E-state index contributed by atoms with van der Waals surface area (Å²) < 4.78 is 0. The van der Waals surface area contributed by atoms with Gasteiger partial charge in [0.05, 0.1) is 12.6 Å². The maximum atomic E-state index is 10.5. The first-order valence-corrected chi connectivity index (χ1v) is 4.41. The van der Waals surface area contributed by atoms with E-state index in [0.29, 0.717) is 5.56 Å². The van der Waals surface area contributed by atoms with Gasteiger partial charge in [0, 0.05) is 7.05 Å². The Bertz CT molecular complexity index is 353. The number of amides is 1. The number of hydrogen-bond acceptors (Lipinski definition) is 3. The molecule has 5 nitrogen and oxygen atoms in total. The normalized spacial score (nSPS) is 12.1. The molecule has 0 bridgehead atoms. The highest BCUT2D eigenvalue weighted by atomic mass is 16.4. The Labute approximate surface area is 87.2 Å². The summed E-state index contributed by atoms with van der Waals surface area (Å²) in [7, 11) is 1.37. The number of aliphatic hydroxyl groups excluding tert-OH is 1. The van der Waals surface area contributed by atoms with Gasteiger partial charge in [0.2, 0.25) is 0 Å². The van der Waals surface area contributed by atoms with E-state index in [2.05, 4.69) is 0 Å². The summed E-state index contributed by atoms with van der Waals surface area (Å²) in [6.07, 6.45) is -2.03. The lowest BCUT2D eigenvalue weighted by Crippen LogP contribution is -2.29. The molecule has 1 atom stereocenters. The van der Waals surface area contributed by atoms with E-state index in [1.165, 1.54) is 19.2 Å². The SMILES string of the molecule is CN(CC(O)c1cccc(O)c1)C(=O)O. The van der Waals surface area contributed by atoms with Crippen molar-refractivity contribution < 1.29 is 20.1 Å². The fourth-order valence-corrected chi connectivity index (χ4v) is 1.17. The summed E-state index contributed by atoms with van der Waals surface area (Å²) in [6.45, 7) is -0.0290. The Morgan fingerprint density at radius 1 is 1.53 bits per heavy atom. The van der Waals surface area contributed by atoms with E-state index in [9.17, 15) is 9.90 Å². The first-order valence-electron chi connectivity index (χ1n) is 4.41. The molecular formula is C10H13NO4. The quantitative estimate of drug-likeness (QED) is 0.697. The van der Waals surface area contributed by atoms with Crippen LogP contribution in [0.3, 0.4) is 0 Å². The standard InChI is InChI=1S/C10H13NO4/c1-11(10(14)15)6-9(13)7-3-2-4-8(12)5-7/h2-5,9,12-13H,6H2,1H3,(H,14,15). The van der Waals surface area contributed by atoms with E-state index in [-0.39, 0.29) is 12.3 Å². The second kappa shape index (κ2) is 4.65. The predicted molar refractivity (Wildman–Crippen MR) is 53.7 cm³/mol. The number of likely N-dealkylation sites (N-methyl/N-ethyl adjacent to an activating group) is 1. The number of carboxylic acid groups (broad SMARTS) is 1. The largest absolute Gasteiger partial charge is 0.508 e. The van der Waals surface area contributed by atoms with Gasteiger partial charge in [-0.2, -0.15) is 0 Å².